The predicted molar refractivity (Wildman–Crippen MR) is 123 cm³/mol. The number of pyridine rings is 1. The smallest absolute Gasteiger partial charge is 0.216 e. The van der Waals surface area contributed by atoms with Crippen molar-refractivity contribution in [1.29, 1.82) is 0 Å². The Bertz CT molecular complexity index is 1460. The number of benzene rings is 1. The van der Waals surface area contributed by atoms with E-state index in [0.717, 1.165) is 17.1 Å². The van der Waals surface area contributed by atoms with Crippen molar-refractivity contribution < 1.29 is 14.2 Å². The van der Waals surface area contributed by atoms with E-state index in [1.54, 1.807) is 29.0 Å². The second-order valence-electron chi connectivity index (χ2n) is 7.91. The van der Waals surface area contributed by atoms with Gasteiger partial charge in [0.25, 0.3) is 0 Å². The molecule has 0 unspecified atom stereocenters. The van der Waals surface area contributed by atoms with E-state index in [4.69, 9.17) is 14.8 Å². The maximum absolute atomic E-state index is 13.3. The fraction of sp³-hybridized carbons (Fsp3) is 0.167. The number of ether oxygens (including phenoxy) is 1. The first kappa shape index (κ1) is 20.3. The molecule has 0 spiro atoms. The zero-order valence-corrected chi connectivity index (χ0v) is 18.0. The van der Waals surface area contributed by atoms with Gasteiger partial charge in [0, 0.05) is 54.8 Å². The minimum atomic E-state index is -0.333. The van der Waals surface area contributed by atoms with E-state index in [9.17, 15) is 9.50 Å². The second kappa shape index (κ2) is 8.23. The lowest BCUT2D eigenvalue weighted by Gasteiger charge is -2.29. The fourth-order valence-electron chi connectivity index (χ4n) is 4.04. The summed E-state index contributed by atoms with van der Waals surface area (Å²) in [5.74, 6) is 0.862. The Hall–Kier alpha value is -4.31. The fourth-order valence-corrected chi connectivity index (χ4v) is 4.04. The van der Waals surface area contributed by atoms with Crippen LogP contribution in [0.25, 0.3) is 34.0 Å². The van der Waals surface area contributed by atoms with Gasteiger partial charge in [-0.25, -0.2) is 9.37 Å². The lowest BCUT2D eigenvalue weighted by molar-refractivity contribution is 0.122. The molecule has 1 fully saturated rings. The molecule has 0 amide bonds. The molecule has 1 N–H and O–H groups in total. The largest absolute Gasteiger partial charge is 0.493 e. The summed E-state index contributed by atoms with van der Waals surface area (Å²) in [7, 11) is 0. The Labute approximate surface area is 193 Å². The monoisotopic (exact) mass is 457 g/mol. The summed E-state index contributed by atoms with van der Waals surface area (Å²) < 4.78 is 22.0. The molecule has 170 valence electrons. The van der Waals surface area contributed by atoms with E-state index in [1.165, 1.54) is 22.9 Å². The molecule has 6 rings (SSSR count). The summed E-state index contributed by atoms with van der Waals surface area (Å²) in [5.41, 5.74) is 3.50. The summed E-state index contributed by atoms with van der Waals surface area (Å²) in [4.78, 5) is 11.0. The maximum atomic E-state index is 13.3. The van der Waals surface area contributed by atoms with Crippen LogP contribution in [0.4, 0.5) is 10.2 Å². The number of hydrogen-bond acceptors (Lipinski definition) is 7. The first-order valence-corrected chi connectivity index (χ1v) is 10.8. The molecule has 0 atom stereocenters. The van der Waals surface area contributed by atoms with Gasteiger partial charge in [0.2, 0.25) is 5.88 Å². The van der Waals surface area contributed by atoms with Crippen molar-refractivity contribution in [2.45, 2.75) is 0 Å². The molecule has 0 aliphatic carbocycles. The third-order valence-electron chi connectivity index (χ3n) is 5.75. The van der Waals surface area contributed by atoms with E-state index in [2.05, 4.69) is 15.0 Å². The number of morpholine rings is 1. The average molecular weight is 457 g/mol. The number of rotatable bonds is 4. The van der Waals surface area contributed by atoms with Gasteiger partial charge in [-0.3, -0.25) is 4.98 Å². The molecular weight excluding hydrogens is 437 g/mol. The molecule has 1 saturated heterocycles. The van der Waals surface area contributed by atoms with Gasteiger partial charge in [0.05, 0.1) is 24.6 Å². The SMILES string of the molecule is Oc1cc(-c2ccc(F)cc2)nn1-c1cc(N2CCOCC2)n2nc(-c3ccncc3)cc2n1. The highest BCUT2D eigenvalue weighted by atomic mass is 19.1. The summed E-state index contributed by atoms with van der Waals surface area (Å²) in [6, 6.07) is 15.0. The van der Waals surface area contributed by atoms with Crippen LogP contribution in [0.15, 0.2) is 67.0 Å². The van der Waals surface area contributed by atoms with Crippen molar-refractivity contribution in [2.75, 3.05) is 31.2 Å². The molecule has 0 radical (unpaired) electrons. The van der Waals surface area contributed by atoms with Gasteiger partial charge in [0.1, 0.15) is 11.6 Å². The molecule has 1 aliphatic rings. The molecule has 1 aliphatic heterocycles. The zero-order valence-electron chi connectivity index (χ0n) is 18.0. The third kappa shape index (κ3) is 3.63. The van der Waals surface area contributed by atoms with Crippen LogP contribution in [0.5, 0.6) is 5.88 Å². The van der Waals surface area contributed by atoms with Crippen molar-refractivity contribution in [1.82, 2.24) is 29.4 Å². The summed E-state index contributed by atoms with van der Waals surface area (Å²) >= 11 is 0. The van der Waals surface area contributed by atoms with Crippen LogP contribution >= 0.6 is 0 Å². The Morgan fingerprint density at radius 3 is 2.32 bits per heavy atom. The summed E-state index contributed by atoms with van der Waals surface area (Å²) in [6.45, 7) is 2.63. The van der Waals surface area contributed by atoms with E-state index in [-0.39, 0.29) is 11.7 Å². The zero-order chi connectivity index (χ0) is 23.1. The van der Waals surface area contributed by atoms with Crippen molar-refractivity contribution in [3.8, 4) is 34.2 Å². The van der Waals surface area contributed by atoms with E-state index >= 15 is 0 Å². The number of aromatic nitrogens is 6. The van der Waals surface area contributed by atoms with Crippen LogP contribution in [0.3, 0.4) is 0 Å². The first-order valence-electron chi connectivity index (χ1n) is 10.8. The Morgan fingerprint density at radius 2 is 1.56 bits per heavy atom. The van der Waals surface area contributed by atoms with Crippen molar-refractivity contribution >= 4 is 11.5 Å². The van der Waals surface area contributed by atoms with Crippen LogP contribution in [0.2, 0.25) is 0 Å². The van der Waals surface area contributed by atoms with Gasteiger partial charge in [-0.05, 0) is 36.4 Å². The highest BCUT2D eigenvalue weighted by molar-refractivity contribution is 5.67. The second-order valence-corrected chi connectivity index (χ2v) is 7.91. The van der Waals surface area contributed by atoms with Crippen LogP contribution < -0.4 is 4.90 Å². The average Bonchev–Trinajstić information content (AvgIpc) is 3.49. The number of fused-ring (bicyclic) bond motifs is 1. The molecule has 5 aromatic rings. The molecule has 0 bridgehead atoms. The minimum absolute atomic E-state index is 0.0713. The van der Waals surface area contributed by atoms with E-state index < -0.39 is 0 Å². The molecule has 0 saturated carbocycles. The molecule has 9 nitrogen and oxygen atoms in total. The van der Waals surface area contributed by atoms with Gasteiger partial charge in [-0.2, -0.15) is 19.4 Å². The van der Waals surface area contributed by atoms with Crippen LogP contribution in [-0.2, 0) is 4.74 Å². The van der Waals surface area contributed by atoms with Crippen molar-refractivity contribution in [3.63, 3.8) is 0 Å². The quantitative estimate of drug-likeness (QED) is 0.442. The molecule has 34 heavy (non-hydrogen) atoms. The van der Waals surface area contributed by atoms with E-state index in [0.29, 0.717) is 49.0 Å². The minimum Gasteiger partial charge on any atom is -0.493 e. The van der Waals surface area contributed by atoms with Crippen molar-refractivity contribution in [2.24, 2.45) is 0 Å². The van der Waals surface area contributed by atoms with Gasteiger partial charge >= 0.3 is 0 Å². The maximum Gasteiger partial charge on any atom is 0.216 e. The number of anilines is 1. The number of halogens is 1. The standard InChI is InChI=1S/C24H20FN7O2/c25-18-3-1-16(2-4-18)20-14-24(33)32(29-20)22-15-23(30-9-11-34-12-10-30)31-21(27-22)13-19(28-31)17-5-7-26-8-6-17/h1-8,13-15,33H,9-12H2. The number of hydrogen-bond donors (Lipinski definition) is 1. The normalized spacial score (nSPS) is 14.1. The molecule has 4 aromatic heterocycles. The lowest BCUT2D eigenvalue weighted by Crippen LogP contribution is -2.37. The van der Waals surface area contributed by atoms with Crippen LogP contribution in [-0.4, -0.2) is 60.8 Å². The van der Waals surface area contributed by atoms with Gasteiger partial charge < -0.3 is 14.7 Å². The molecule has 5 heterocycles. The topological polar surface area (TPSA) is 93.6 Å². The van der Waals surface area contributed by atoms with Crippen LogP contribution in [0, 0.1) is 5.82 Å². The summed E-state index contributed by atoms with van der Waals surface area (Å²) in [6.07, 6.45) is 3.44. The first-order chi connectivity index (χ1) is 16.7. The predicted octanol–water partition coefficient (Wildman–Crippen LogP) is 3.33. The molecule has 1 aromatic carbocycles. The van der Waals surface area contributed by atoms with Gasteiger partial charge in [-0.1, -0.05) is 0 Å². The van der Waals surface area contributed by atoms with Crippen molar-refractivity contribution in [3.05, 3.63) is 72.8 Å². The lowest BCUT2D eigenvalue weighted by atomic mass is 10.1. The van der Waals surface area contributed by atoms with Gasteiger partial charge in [0.15, 0.2) is 11.5 Å². The van der Waals surface area contributed by atoms with E-state index in [1.807, 2.05) is 24.3 Å². The Morgan fingerprint density at radius 1 is 0.853 bits per heavy atom. The number of nitrogens with zero attached hydrogens (tertiary/aromatic N) is 7. The Kier molecular flexibility index (Phi) is 4.92. The third-order valence-corrected chi connectivity index (χ3v) is 5.75. The highest BCUT2D eigenvalue weighted by Crippen LogP contribution is 2.29. The van der Waals surface area contributed by atoms with Gasteiger partial charge in [-0.15, -0.1) is 0 Å². The molecular formula is C24H20FN7O2. The Balaban J connectivity index is 1.49. The number of aromatic hydroxyl groups is 1. The van der Waals surface area contributed by atoms with Crippen LogP contribution in [0.1, 0.15) is 0 Å². The highest BCUT2D eigenvalue weighted by Gasteiger charge is 2.20. The molecule has 10 heteroatoms. The summed E-state index contributed by atoms with van der Waals surface area (Å²) in [5, 5.41) is 20.0.